The van der Waals surface area contributed by atoms with Gasteiger partial charge in [0.15, 0.2) is 63.9 Å². The molecule has 0 atom stereocenters. The van der Waals surface area contributed by atoms with Gasteiger partial charge in [0.2, 0.25) is 11.6 Å². The zero-order chi connectivity index (χ0) is 30.2. The van der Waals surface area contributed by atoms with Crippen molar-refractivity contribution in [1.29, 1.82) is 0 Å². The number of fused-ring (bicyclic) bond motifs is 2. The van der Waals surface area contributed by atoms with Crippen molar-refractivity contribution >= 4 is 21.5 Å². The van der Waals surface area contributed by atoms with Crippen LogP contribution in [0.1, 0.15) is 0 Å². The third-order valence-corrected chi connectivity index (χ3v) is 6.33. The maximum absolute atomic E-state index is 15.4. The standard InChI is InChI=1S/C27H7F13O/c1-41-27-25(39)21(35)16(22(36)26(27)40)12-8-4-6(28)2-3-7(8)11(15-17(31)9(29)5-10(30)18(15)32)13-14(12)20(34)24(38)23(37)19(13)33/h2-5H,1H3. The summed E-state index contributed by atoms with van der Waals surface area (Å²) in [4.78, 5) is 0. The molecule has 0 amide bonds. The van der Waals surface area contributed by atoms with Crippen LogP contribution in [0.5, 0.6) is 5.75 Å². The molecular weight excluding hydrogens is 587 g/mol. The molecule has 5 aromatic carbocycles. The van der Waals surface area contributed by atoms with Crippen LogP contribution in [0.25, 0.3) is 43.8 Å². The Morgan fingerprint density at radius 1 is 0.415 bits per heavy atom. The average molecular weight is 594 g/mol. The monoisotopic (exact) mass is 594 g/mol. The van der Waals surface area contributed by atoms with Crippen molar-refractivity contribution in [3.8, 4) is 28.0 Å². The van der Waals surface area contributed by atoms with Gasteiger partial charge in [0, 0.05) is 28.0 Å². The lowest BCUT2D eigenvalue weighted by Crippen LogP contribution is -2.08. The number of methoxy groups -OCH3 is 1. The number of hydrogen-bond donors (Lipinski definition) is 0. The predicted octanol–water partition coefficient (Wildman–Crippen LogP) is 9.14. The average Bonchev–Trinajstić information content (AvgIpc) is 2.93. The van der Waals surface area contributed by atoms with Gasteiger partial charge in [-0.15, -0.1) is 0 Å². The Hall–Kier alpha value is -4.49. The summed E-state index contributed by atoms with van der Waals surface area (Å²) in [5.74, 6) is -31.4. The maximum Gasteiger partial charge on any atom is 0.204 e. The van der Waals surface area contributed by atoms with E-state index in [1.807, 2.05) is 0 Å². The Bertz CT molecular complexity index is 1910. The Balaban J connectivity index is 2.22. The molecule has 0 aliphatic rings. The zero-order valence-corrected chi connectivity index (χ0v) is 19.6. The van der Waals surface area contributed by atoms with Gasteiger partial charge in [-0.3, -0.25) is 0 Å². The van der Waals surface area contributed by atoms with Crippen molar-refractivity contribution in [3.63, 3.8) is 0 Å². The van der Waals surface area contributed by atoms with Gasteiger partial charge in [-0.1, -0.05) is 6.07 Å². The molecule has 0 aromatic heterocycles. The van der Waals surface area contributed by atoms with Crippen LogP contribution in [0.15, 0.2) is 24.3 Å². The van der Waals surface area contributed by atoms with E-state index in [4.69, 9.17) is 0 Å². The lowest BCUT2D eigenvalue weighted by Gasteiger charge is -2.21. The molecule has 0 aliphatic carbocycles. The smallest absolute Gasteiger partial charge is 0.204 e. The van der Waals surface area contributed by atoms with Gasteiger partial charge < -0.3 is 4.74 Å². The molecule has 212 valence electrons. The van der Waals surface area contributed by atoms with Gasteiger partial charge in [0.05, 0.1) is 18.2 Å². The lowest BCUT2D eigenvalue weighted by atomic mass is 9.84. The van der Waals surface area contributed by atoms with E-state index in [-0.39, 0.29) is 12.1 Å². The summed E-state index contributed by atoms with van der Waals surface area (Å²) in [6.07, 6.45) is 0. The second kappa shape index (κ2) is 9.56. The van der Waals surface area contributed by atoms with Crippen LogP contribution in [0.3, 0.4) is 0 Å². The van der Waals surface area contributed by atoms with Crippen molar-refractivity contribution in [2.75, 3.05) is 7.11 Å². The molecule has 0 heterocycles. The van der Waals surface area contributed by atoms with Crippen LogP contribution in [0, 0.1) is 75.6 Å². The van der Waals surface area contributed by atoms with Crippen LogP contribution >= 0.6 is 0 Å². The van der Waals surface area contributed by atoms with Gasteiger partial charge >= 0.3 is 0 Å². The Kier molecular flexibility index (Phi) is 6.54. The molecule has 0 spiro atoms. The molecular formula is C27H7F13O. The first-order valence-electron chi connectivity index (χ1n) is 10.9. The summed E-state index contributed by atoms with van der Waals surface area (Å²) in [5, 5.41) is -5.70. The molecule has 0 radical (unpaired) electrons. The first kappa shape index (κ1) is 28.1. The number of benzene rings is 5. The third-order valence-electron chi connectivity index (χ3n) is 6.33. The zero-order valence-electron chi connectivity index (χ0n) is 19.6. The summed E-state index contributed by atoms with van der Waals surface area (Å²) < 4.78 is 196. The third kappa shape index (κ3) is 3.79. The molecule has 14 heteroatoms. The minimum atomic E-state index is -2.68. The van der Waals surface area contributed by atoms with E-state index >= 15 is 17.6 Å². The highest BCUT2D eigenvalue weighted by Gasteiger charge is 2.35. The molecule has 0 saturated carbocycles. The van der Waals surface area contributed by atoms with Gasteiger partial charge in [-0.2, -0.15) is 8.78 Å². The van der Waals surface area contributed by atoms with Crippen molar-refractivity contribution in [1.82, 2.24) is 0 Å². The van der Waals surface area contributed by atoms with Crippen molar-refractivity contribution in [3.05, 3.63) is 99.9 Å². The topological polar surface area (TPSA) is 9.23 Å². The summed E-state index contributed by atoms with van der Waals surface area (Å²) in [6.45, 7) is 0. The predicted molar refractivity (Wildman–Crippen MR) is 118 cm³/mol. The fourth-order valence-electron chi connectivity index (χ4n) is 4.63. The number of halogens is 13. The Morgan fingerprint density at radius 3 is 1.32 bits per heavy atom. The van der Waals surface area contributed by atoms with Crippen molar-refractivity contribution < 1.29 is 61.8 Å². The van der Waals surface area contributed by atoms with Crippen LogP contribution in [-0.2, 0) is 0 Å². The number of ether oxygens (including phenoxy) is 1. The minimum absolute atomic E-state index is 0.247. The lowest BCUT2D eigenvalue weighted by molar-refractivity contribution is 0.334. The molecule has 0 N–H and O–H groups in total. The summed E-state index contributed by atoms with van der Waals surface area (Å²) >= 11 is 0. The molecule has 1 nitrogen and oxygen atoms in total. The molecule has 0 aliphatic heterocycles. The molecule has 0 saturated heterocycles. The molecule has 5 rings (SSSR count). The van der Waals surface area contributed by atoms with E-state index in [1.54, 1.807) is 0 Å². The van der Waals surface area contributed by atoms with Gasteiger partial charge in [-0.25, -0.2) is 48.3 Å². The quantitative estimate of drug-likeness (QED) is 0.0877. The second-order valence-corrected chi connectivity index (χ2v) is 8.45. The van der Waals surface area contributed by atoms with E-state index in [2.05, 4.69) is 4.74 Å². The second-order valence-electron chi connectivity index (χ2n) is 8.45. The van der Waals surface area contributed by atoms with Crippen molar-refractivity contribution in [2.24, 2.45) is 0 Å². The van der Waals surface area contributed by atoms with E-state index in [9.17, 15) is 39.5 Å². The molecule has 41 heavy (non-hydrogen) atoms. The highest BCUT2D eigenvalue weighted by molar-refractivity contribution is 6.22. The van der Waals surface area contributed by atoms with Crippen LogP contribution in [0.4, 0.5) is 57.1 Å². The van der Waals surface area contributed by atoms with Crippen LogP contribution in [0.2, 0.25) is 0 Å². The largest absolute Gasteiger partial charge is 0.491 e. The molecule has 0 fully saturated rings. The molecule has 0 unspecified atom stereocenters. The van der Waals surface area contributed by atoms with E-state index < -0.39 is 125 Å². The number of rotatable bonds is 3. The first-order chi connectivity index (χ1) is 19.2. The fourth-order valence-corrected chi connectivity index (χ4v) is 4.63. The van der Waals surface area contributed by atoms with Crippen molar-refractivity contribution in [2.45, 2.75) is 0 Å². The highest BCUT2D eigenvalue weighted by atomic mass is 19.2. The Morgan fingerprint density at radius 2 is 0.854 bits per heavy atom. The maximum atomic E-state index is 15.4. The number of hydrogen-bond acceptors (Lipinski definition) is 1. The Labute approximate surface area is 219 Å². The van der Waals surface area contributed by atoms with Crippen LogP contribution < -0.4 is 4.74 Å². The fraction of sp³-hybridized carbons (Fsp3) is 0.0370. The SMILES string of the molecule is COc1c(F)c(F)c(-c2c3cc(F)ccc3c(-c3c(F)c(F)cc(F)c3F)c3c(F)c(F)c(F)c(F)c23)c(F)c1F. The summed E-state index contributed by atoms with van der Waals surface area (Å²) in [7, 11) is 0.601. The molecule has 5 aromatic rings. The normalized spacial score (nSPS) is 11.7. The van der Waals surface area contributed by atoms with E-state index in [0.717, 1.165) is 0 Å². The minimum Gasteiger partial charge on any atom is -0.491 e. The van der Waals surface area contributed by atoms with E-state index in [0.29, 0.717) is 19.2 Å². The first-order valence-corrected chi connectivity index (χ1v) is 10.9. The summed E-state index contributed by atoms with van der Waals surface area (Å²) in [5.41, 5.74) is -6.78. The highest BCUT2D eigenvalue weighted by Crippen LogP contribution is 2.50. The molecule has 0 bridgehead atoms. The van der Waals surface area contributed by atoms with Crippen LogP contribution in [-0.4, -0.2) is 7.11 Å². The van der Waals surface area contributed by atoms with E-state index in [1.165, 1.54) is 0 Å². The van der Waals surface area contributed by atoms with Gasteiger partial charge in [-0.05, 0) is 22.9 Å². The summed E-state index contributed by atoms with van der Waals surface area (Å²) in [6, 6.07) is 0.937. The van der Waals surface area contributed by atoms with Gasteiger partial charge in [0.25, 0.3) is 0 Å². The van der Waals surface area contributed by atoms with Gasteiger partial charge in [0.1, 0.15) is 5.82 Å².